The lowest BCUT2D eigenvalue weighted by atomic mass is 9.54. The molecule has 1 nitrogen and oxygen atoms in total. The summed E-state index contributed by atoms with van der Waals surface area (Å²) in [4.78, 5) is 0. The molecule has 0 atom stereocenters. The van der Waals surface area contributed by atoms with Crippen molar-refractivity contribution in [3.05, 3.63) is 0 Å². The molecule has 0 heterocycles. The van der Waals surface area contributed by atoms with Crippen molar-refractivity contribution in [3.63, 3.8) is 0 Å². The van der Waals surface area contributed by atoms with Crippen LogP contribution >= 0.6 is 0 Å². The van der Waals surface area contributed by atoms with E-state index in [0.29, 0.717) is 5.60 Å². The van der Waals surface area contributed by atoms with E-state index in [9.17, 15) is 0 Å². The maximum Gasteiger partial charge on any atom is 0.0690 e. The van der Waals surface area contributed by atoms with Gasteiger partial charge in [0.25, 0.3) is 0 Å². The third kappa shape index (κ3) is 1.84. The summed E-state index contributed by atoms with van der Waals surface area (Å²) in [5.41, 5.74) is 0.351. The molecule has 0 aromatic carbocycles. The molecule has 0 aromatic heterocycles. The van der Waals surface area contributed by atoms with Gasteiger partial charge in [-0.1, -0.05) is 13.3 Å². The summed E-state index contributed by atoms with van der Waals surface area (Å²) in [6.07, 6.45) is 11.3. The molecule has 4 bridgehead atoms. The van der Waals surface area contributed by atoms with Crippen LogP contribution in [0, 0.1) is 17.8 Å². The Hall–Kier alpha value is -0.0400. The van der Waals surface area contributed by atoms with Gasteiger partial charge < -0.3 is 4.74 Å². The van der Waals surface area contributed by atoms with Crippen LogP contribution in [-0.2, 0) is 4.74 Å². The minimum absolute atomic E-state index is 0.351. The third-order valence-electron chi connectivity index (χ3n) is 4.89. The van der Waals surface area contributed by atoms with Crippen molar-refractivity contribution in [1.29, 1.82) is 0 Å². The topological polar surface area (TPSA) is 9.23 Å². The zero-order valence-corrected chi connectivity index (χ0v) is 10.0. The van der Waals surface area contributed by atoms with Crippen molar-refractivity contribution < 1.29 is 4.74 Å². The first-order valence-corrected chi connectivity index (χ1v) is 6.93. The Balaban J connectivity index is 1.65. The summed E-state index contributed by atoms with van der Waals surface area (Å²) < 4.78 is 6.28. The Kier molecular flexibility index (Phi) is 2.54. The third-order valence-corrected chi connectivity index (χ3v) is 4.89. The average Bonchev–Trinajstić information content (AvgIpc) is 2.15. The molecule has 4 aliphatic carbocycles. The van der Waals surface area contributed by atoms with E-state index < -0.39 is 0 Å². The monoisotopic (exact) mass is 208 g/mol. The van der Waals surface area contributed by atoms with Gasteiger partial charge in [0.2, 0.25) is 0 Å². The number of unbranched alkanes of at least 4 members (excludes halogenated alkanes) is 1. The van der Waals surface area contributed by atoms with Crippen LogP contribution < -0.4 is 0 Å². The van der Waals surface area contributed by atoms with Gasteiger partial charge in [0.1, 0.15) is 0 Å². The van der Waals surface area contributed by atoms with E-state index in [1.165, 1.54) is 51.4 Å². The molecule has 0 amide bonds. The molecule has 1 heteroatoms. The minimum Gasteiger partial charge on any atom is -0.375 e. The second kappa shape index (κ2) is 3.76. The van der Waals surface area contributed by atoms with Gasteiger partial charge in [-0.3, -0.25) is 0 Å². The van der Waals surface area contributed by atoms with Crippen LogP contribution in [0.25, 0.3) is 0 Å². The van der Waals surface area contributed by atoms with Crippen LogP contribution in [0.3, 0.4) is 0 Å². The molecule has 4 aliphatic rings. The molecule has 0 saturated heterocycles. The van der Waals surface area contributed by atoms with Crippen molar-refractivity contribution in [3.8, 4) is 0 Å². The zero-order chi connectivity index (χ0) is 10.3. The smallest absolute Gasteiger partial charge is 0.0690 e. The van der Waals surface area contributed by atoms with Crippen molar-refractivity contribution in [2.24, 2.45) is 17.8 Å². The Morgan fingerprint density at radius 3 is 2.00 bits per heavy atom. The molecule has 4 rings (SSSR count). The summed E-state index contributed by atoms with van der Waals surface area (Å²) in [6, 6.07) is 0. The fourth-order valence-corrected chi connectivity index (χ4v) is 4.64. The van der Waals surface area contributed by atoms with Crippen LogP contribution in [0.5, 0.6) is 0 Å². The first-order valence-electron chi connectivity index (χ1n) is 6.93. The van der Waals surface area contributed by atoms with Gasteiger partial charge in [-0.15, -0.1) is 0 Å². The predicted octanol–water partition coefficient (Wildman–Crippen LogP) is 3.77. The van der Waals surface area contributed by atoms with E-state index in [0.717, 1.165) is 24.4 Å². The molecule has 4 fully saturated rings. The van der Waals surface area contributed by atoms with Crippen LogP contribution in [0.4, 0.5) is 0 Å². The van der Waals surface area contributed by atoms with Gasteiger partial charge in [0.05, 0.1) is 5.60 Å². The molecule has 0 aromatic rings. The second-order valence-corrected chi connectivity index (χ2v) is 6.30. The second-order valence-electron chi connectivity index (χ2n) is 6.30. The molecular formula is C14H24O. The van der Waals surface area contributed by atoms with Crippen LogP contribution in [0.2, 0.25) is 0 Å². The zero-order valence-electron chi connectivity index (χ0n) is 10.0. The summed E-state index contributed by atoms with van der Waals surface area (Å²) in [6.45, 7) is 3.27. The highest BCUT2D eigenvalue weighted by Crippen LogP contribution is 2.57. The lowest BCUT2D eigenvalue weighted by molar-refractivity contribution is -0.162. The number of hydrogen-bond donors (Lipinski definition) is 0. The van der Waals surface area contributed by atoms with E-state index >= 15 is 0 Å². The normalized spacial score (nSPS) is 47.4. The van der Waals surface area contributed by atoms with Crippen molar-refractivity contribution in [1.82, 2.24) is 0 Å². The predicted molar refractivity (Wildman–Crippen MR) is 61.8 cm³/mol. The molecule has 0 aliphatic heterocycles. The Morgan fingerprint density at radius 2 is 1.53 bits per heavy atom. The van der Waals surface area contributed by atoms with Crippen LogP contribution in [0.15, 0.2) is 0 Å². The van der Waals surface area contributed by atoms with E-state index in [1.54, 1.807) is 0 Å². The van der Waals surface area contributed by atoms with E-state index in [1.807, 2.05) is 0 Å². The molecule has 0 N–H and O–H groups in total. The minimum atomic E-state index is 0.351. The maximum atomic E-state index is 6.28. The van der Waals surface area contributed by atoms with Gasteiger partial charge in [0.15, 0.2) is 0 Å². The highest BCUT2D eigenvalue weighted by Gasteiger charge is 2.51. The Bertz CT molecular complexity index is 198. The standard InChI is InChI=1S/C14H24O/c1-2-3-4-15-14-8-11-5-12(9-14)7-13(6-11)10-14/h11-13H,2-10H2,1H3. The number of ether oxygens (including phenoxy) is 1. The van der Waals surface area contributed by atoms with Gasteiger partial charge in [-0.2, -0.15) is 0 Å². The summed E-state index contributed by atoms with van der Waals surface area (Å²) in [5.74, 6) is 3.08. The lowest BCUT2D eigenvalue weighted by Gasteiger charge is -2.56. The van der Waals surface area contributed by atoms with Gasteiger partial charge in [-0.25, -0.2) is 0 Å². The Labute approximate surface area is 93.6 Å². The molecule has 86 valence electrons. The summed E-state index contributed by atoms with van der Waals surface area (Å²) in [5, 5.41) is 0. The highest BCUT2D eigenvalue weighted by molar-refractivity contribution is 5.03. The largest absolute Gasteiger partial charge is 0.375 e. The molecule has 0 spiro atoms. The average molecular weight is 208 g/mol. The molecule has 0 unspecified atom stereocenters. The molecule has 4 saturated carbocycles. The highest BCUT2D eigenvalue weighted by atomic mass is 16.5. The Morgan fingerprint density at radius 1 is 1.00 bits per heavy atom. The van der Waals surface area contributed by atoms with Crippen molar-refractivity contribution in [2.75, 3.05) is 6.61 Å². The molecular weight excluding hydrogens is 184 g/mol. The van der Waals surface area contributed by atoms with Crippen LogP contribution in [0.1, 0.15) is 58.3 Å². The van der Waals surface area contributed by atoms with E-state index in [4.69, 9.17) is 4.74 Å². The van der Waals surface area contributed by atoms with Gasteiger partial charge in [0, 0.05) is 6.61 Å². The summed E-state index contributed by atoms with van der Waals surface area (Å²) in [7, 11) is 0. The van der Waals surface area contributed by atoms with Gasteiger partial charge >= 0.3 is 0 Å². The first kappa shape index (κ1) is 10.1. The maximum absolute atomic E-state index is 6.28. The van der Waals surface area contributed by atoms with Crippen molar-refractivity contribution >= 4 is 0 Å². The van der Waals surface area contributed by atoms with Crippen molar-refractivity contribution in [2.45, 2.75) is 63.9 Å². The molecule has 0 radical (unpaired) electrons. The lowest BCUT2D eigenvalue weighted by Crippen LogP contribution is -2.52. The fourth-order valence-electron chi connectivity index (χ4n) is 4.64. The van der Waals surface area contributed by atoms with Crippen LogP contribution in [-0.4, -0.2) is 12.2 Å². The number of rotatable bonds is 4. The van der Waals surface area contributed by atoms with E-state index in [2.05, 4.69) is 6.92 Å². The fraction of sp³-hybridized carbons (Fsp3) is 1.00. The quantitative estimate of drug-likeness (QED) is 0.639. The van der Waals surface area contributed by atoms with Gasteiger partial charge in [-0.05, 0) is 62.7 Å². The first-order chi connectivity index (χ1) is 7.30. The SMILES string of the molecule is CCCCOC12CC3CC(CC(C3)C1)C2. The number of hydrogen-bond acceptors (Lipinski definition) is 1. The van der Waals surface area contributed by atoms with E-state index in [-0.39, 0.29) is 0 Å². The summed E-state index contributed by atoms with van der Waals surface area (Å²) >= 11 is 0. The molecule has 15 heavy (non-hydrogen) atoms.